The summed E-state index contributed by atoms with van der Waals surface area (Å²) < 4.78 is 8.49. The topological polar surface area (TPSA) is 132 Å². The molecule has 2 unspecified atom stereocenters. The quantitative estimate of drug-likeness (QED) is 0.173. The number of hydrogen-bond donors (Lipinski definition) is 2. The molecule has 0 aliphatic carbocycles. The Morgan fingerprint density at radius 2 is 1.71 bits per heavy atom. The third-order valence-electron chi connectivity index (χ3n) is 9.78. The van der Waals surface area contributed by atoms with Gasteiger partial charge in [-0.25, -0.2) is 9.40 Å². The van der Waals surface area contributed by atoms with Gasteiger partial charge in [0.05, 0.1) is 22.7 Å². The Kier molecular flexibility index (Phi) is 9.75. The molecule has 5 aromatic rings. The molecule has 0 radical (unpaired) electrons. The maximum atomic E-state index is 13.7. The number of aliphatic hydroxyl groups excluding tert-OH is 1. The van der Waals surface area contributed by atoms with E-state index in [1.807, 2.05) is 48.2 Å². The van der Waals surface area contributed by atoms with Crippen molar-refractivity contribution in [2.45, 2.75) is 39.0 Å². The van der Waals surface area contributed by atoms with Crippen LogP contribution in [0.2, 0.25) is 5.02 Å². The van der Waals surface area contributed by atoms with Gasteiger partial charge in [0.15, 0.2) is 5.58 Å². The number of carbonyl (C=O) groups excluding carboxylic acids is 1. The van der Waals surface area contributed by atoms with Crippen molar-refractivity contribution in [1.29, 1.82) is 0 Å². The maximum absolute atomic E-state index is 13.7. The SMILES string of the molecule is Cc1c(-c2cccc(N(Cl)C(=O)c3cc(CN4CCC(C(=O)O)C4)cn(C)c3=O)c2)cccc1-c1nc2cc(CN3CCC(O)C3)cc(Cl)c2o1. The van der Waals surface area contributed by atoms with Gasteiger partial charge in [-0.3, -0.25) is 24.2 Å². The molecule has 2 fully saturated rings. The van der Waals surface area contributed by atoms with Gasteiger partial charge in [-0.2, -0.15) is 0 Å². The fourth-order valence-corrected chi connectivity index (χ4v) is 7.59. The summed E-state index contributed by atoms with van der Waals surface area (Å²) in [6.07, 6.45) is 2.66. The van der Waals surface area contributed by atoms with Gasteiger partial charge in [0.2, 0.25) is 5.89 Å². The molecule has 2 aromatic heterocycles. The molecule has 0 saturated carbocycles. The molecule has 13 heteroatoms. The number of amides is 1. The molecule has 3 aromatic carbocycles. The zero-order valence-electron chi connectivity index (χ0n) is 28.2. The number of oxazole rings is 1. The Hall–Kier alpha value is -4.52. The van der Waals surface area contributed by atoms with E-state index in [4.69, 9.17) is 32.8 Å². The van der Waals surface area contributed by atoms with Gasteiger partial charge in [0.25, 0.3) is 11.5 Å². The number of aryl methyl sites for hydroxylation is 1. The molecule has 11 nitrogen and oxygen atoms in total. The summed E-state index contributed by atoms with van der Waals surface area (Å²) in [5.74, 6) is -1.50. The zero-order valence-corrected chi connectivity index (χ0v) is 29.7. The number of aliphatic carboxylic acids is 1. The van der Waals surface area contributed by atoms with Crippen molar-refractivity contribution in [3.63, 3.8) is 0 Å². The van der Waals surface area contributed by atoms with Crippen LogP contribution in [-0.2, 0) is 24.9 Å². The predicted octanol–water partition coefficient (Wildman–Crippen LogP) is 6.10. The summed E-state index contributed by atoms with van der Waals surface area (Å²) >= 11 is 13.3. The first-order valence-corrected chi connectivity index (χ1v) is 17.5. The molecule has 2 saturated heterocycles. The average Bonchev–Trinajstić information content (AvgIpc) is 3.86. The smallest absolute Gasteiger partial charge is 0.307 e. The van der Waals surface area contributed by atoms with E-state index < -0.39 is 23.4 Å². The highest BCUT2D eigenvalue weighted by Gasteiger charge is 2.29. The number of halogens is 2. The summed E-state index contributed by atoms with van der Waals surface area (Å²) in [4.78, 5) is 47.2. The Morgan fingerprint density at radius 1 is 0.980 bits per heavy atom. The molecule has 7 rings (SSSR count). The van der Waals surface area contributed by atoms with E-state index in [2.05, 4.69) is 4.90 Å². The lowest BCUT2D eigenvalue weighted by Crippen LogP contribution is -2.32. The first-order chi connectivity index (χ1) is 24.4. The number of carboxylic acids is 1. The minimum Gasteiger partial charge on any atom is -0.481 e. The number of β-amino-alcohol motifs (C(OH)–C–C–N with tert-alkyl or cyclic N) is 1. The lowest BCUT2D eigenvalue weighted by atomic mass is 9.96. The van der Waals surface area contributed by atoms with Crippen LogP contribution in [0.1, 0.15) is 39.9 Å². The lowest BCUT2D eigenvalue weighted by Gasteiger charge is -2.19. The van der Waals surface area contributed by atoms with Gasteiger partial charge in [-0.05, 0) is 90.5 Å². The largest absolute Gasteiger partial charge is 0.481 e. The Morgan fingerprint density at radius 3 is 2.45 bits per heavy atom. The van der Waals surface area contributed by atoms with Crippen LogP contribution in [0.15, 0.2) is 76.1 Å². The van der Waals surface area contributed by atoms with Crippen molar-refractivity contribution in [3.05, 3.63) is 104 Å². The molecular formula is C38H37Cl2N5O6. The molecule has 2 atom stereocenters. The maximum Gasteiger partial charge on any atom is 0.307 e. The van der Waals surface area contributed by atoms with Crippen LogP contribution >= 0.6 is 23.4 Å². The van der Waals surface area contributed by atoms with Crippen molar-refractivity contribution >= 4 is 52.0 Å². The Balaban J connectivity index is 1.13. The van der Waals surface area contributed by atoms with E-state index >= 15 is 0 Å². The second-order valence-electron chi connectivity index (χ2n) is 13.5. The van der Waals surface area contributed by atoms with Gasteiger partial charge < -0.3 is 19.2 Å². The molecule has 0 spiro atoms. The minimum atomic E-state index is -0.822. The van der Waals surface area contributed by atoms with Crippen molar-refractivity contribution in [3.8, 4) is 22.6 Å². The number of carbonyl (C=O) groups is 2. The van der Waals surface area contributed by atoms with Crippen LogP contribution in [0.4, 0.5) is 5.69 Å². The van der Waals surface area contributed by atoms with Gasteiger partial charge in [0.1, 0.15) is 11.1 Å². The van der Waals surface area contributed by atoms with Gasteiger partial charge in [0, 0.05) is 63.3 Å². The van der Waals surface area contributed by atoms with E-state index in [1.54, 1.807) is 31.4 Å². The average molecular weight is 731 g/mol. The number of anilines is 1. The molecule has 264 valence electrons. The summed E-state index contributed by atoms with van der Waals surface area (Å²) in [5, 5.41) is 19.8. The normalized spacial score (nSPS) is 18.1. The molecule has 2 aliphatic rings. The highest BCUT2D eigenvalue weighted by molar-refractivity contribution is 6.39. The number of hydrogen-bond acceptors (Lipinski definition) is 8. The Labute approximate surface area is 304 Å². The number of nitrogens with zero attached hydrogens (tertiary/aromatic N) is 5. The van der Waals surface area contributed by atoms with Crippen LogP contribution in [0.5, 0.6) is 0 Å². The number of rotatable bonds is 9. The summed E-state index contributed by atoms with van der Waals surface area (Å²) in [7, 11) is 1.58. The van der Waals surface area contributed by atoms with Crippen LogP contribution < -0.4 is 9.98 Å². The molecule has 2 aliphatic heterocycles. The standard InChI is InChI=1S/C38H37Cl2N5O6/c1-22-29(7-4-8-30(22)35-41-33-15-23(14-32(39)34(33)51-35)18-44-12-10-28(46)21-44)25-5-3-6-27(16-25)45(40)37(48)31-13-24(17-42(2)36(31)47)19-43-11-9-26(20-43)38(49)50/h3-8,13-17,26,28,46H,9-12,18-21H2,1-2H3,(H,49,50). The van der Waals surface area contributed by atoms with Crippen molar-refractivity contribution in [2.75, 3.05) is 30.6 Å². The first kappa shape index (κ1) is 34.9. The predicted molar refractivity (Wildman–Crippen MR) is 196 cm³/mol. The number of benzene rings is 3. The van der Waals surface area contributed by atoms with E-state index in [9.17, 15) is 24.6 Å². The third kappa shape index (κ3) is 7.17. The van der Waals surface area contributed by atoms with Crippen LogP contribution in [0.25, 0.3) is 33.7 Å². The molecule has 0 bridgehead atoms. The van der Waals surface area contributed by atoms with Crippen LogP contribution in [-0.4, -0.2) is 73.7 Å². The molecule has 4 heterocycles. The highest BCUT2D eigenvalue weighted by atomic mass is 35.5. The molecule has 2 N–H and O–H groups in total. The first-order valence-electron chi connectivity index (χ1n) is 16.8. The highest BCUT2D eigenvalue weighted by Crippen LogP contribution is 2.37. The van der Waals surface area contributed by atoms with Crippen molar-refractivity contribution in [2.24, 2.45) is 13.0 Å². The van der Waals surface area contributed by atoms with Crippen molar-refractivity contribution < 1.29 is 24.2 Å². The second kappa shape index (κ2) is 14.2. The number of fused-ring (bicyclic) bond motifs is 1. The van der Waals surface area contributed by atoms with Crippen LogP contribution in [0.3, 0.4) is 0 Å². The van der Waals surface area contributed by atoms with Gasteiger partial charge in [-0.1, -0.05) is 35.9 Å². The zero-order chi connectivity index (χ0) is 36.0. The van der Waals surface area contributed by atoms with Gasteiger partial charge in [-0.15, -0.1) is 0 Å². The lowest BCUT2D eigenvalue weighted by molar-refractivity contribution is -0.141. The van der Waals surface area contributed by atoms with Crippen molar-refractivity contribution in [1.82, 2.24) is 19.4 Å². The number of carboxylic acid groups (broad SMARTS) is 1. The monoisotopic (exact) mass is 729 g/mol. The summed E-state index contributed by atoms with van der Waals surface area (Å²) in [5.41, 5.74) is 6.00. The number of aromatic nitrogens is 2. The van der Waals surface area contributed by atoms with E-state index in [-0.39, 0.29) is 11.7 Å². The molecule has 1 amide bonds. The number of likely N-dealkylation sites (tertiary alicyclic amines) is 2. The van der Waals surface area contributed by atoms with Crippen LogP contribution in [0, 0.1) is 12.8 Å². The summed E-state index contributed by atoms with van der Waals surface area (Å²) in [6.45, 7) is 5.51. The van der Waals surface area contributed by atoms with Gasteiger partial charge >= 0.3 is 5.97 Å². The number of aliphatic hydroxyl groups is 1. The fourth-order valence-electron chi connectivity index (χ4n) is 7.12. The second-order valence-corrected chi connectivity index (χ2v) is 14.2. The minimum absolute atomic E-state index is 0.0848. The van der Waals surface area contributed by atoms with E-state index in [1.165, 1.54) is 10.6 Å². The summed E-state index contributed by atoms with van der Waals surface area (Å²) in [6, 6.07) is 18.4. The van der Waals surface area contributed by atoms with E-state index in [0.29, 0.717) is 72.4 Å². The molecular weight excluding hydrogens is 693 g/mol. The fraction of sp³-hybridized carbons (Fsp3) is 0.316. The Bertz CT molecular complexity index is 2220. The molecule has 51 heavy (non-hydrogen) atoms. The third-order valence-corrected chi connectivity index (χ3v) is 10.4. The van der Waals surface area contributed by atoms with E-state index in [0.717, 1.165) is 45.2 Å². The number of pyridine rings is 1.